The number of hydrogen-bond acceptors (Lipinski definition) is 17. The maximum atomic E-state index is 12.9. The summed E-state index contributed by atoms with van der Waals surface area (Å²) in [7, 11) is -0.285. The number of pyridine rings is 1. The van der Waals surface area contributed by atoms with Crippen LogP contribution in [0, 0.1) is 0 Å². The van der Waals surface area contributed by atoms with Crippen LogP contribution in [0.3, 0.4) is 0 Å². The number of hydroxylamine groups is 2. The average molecular weight is 968 g/mol. The van der Waals surface area contributed by atoms with E-state index < -0.39 is 64.9 Å². The largest absolute Gasteiger partial charge is 0.415 e. The van der Waals surface area contributed by atoms with Gasteiger partial charge in [0.15, 0.2) is 16.6 Å². The summed E-state index contributed by atoms with van der Waals surface area (Å²) in [5.74, 6) is -2.90. The van der Waals surface area contributed by atoms with Crippen LogP contribution in [-0.4, -0.2) is 154 Å². The van der Waals surface area contributed by atoms with E-state index in [1.807, 2.05) is 44.4 Å². The summed E-state index contributed by atoms with van der Waals surface area (Å²) in [6, 6.07) is 4.19. The van der Waals surface area contributed by atoms with Gasteiger partial charge in [-0.15, -0.1) is 0 Å². The number of hydrogen-bond donors (Lipinski definition) is 7. The minimum absolute atomic E-state index is 0.00121. The highest BCUT2D eigenvalue weighted by Crippen LogP contribution is 2.29. The van der Waals surface area contributed by atoms with E-state index in [0.29, 0.717) is 24.3 Å². The van der Waals surface area contributed by atoms with Gasteiger partial charge in [0.25, 0.3) is 11.8 Å². The maximum absolute atomic E-state index is 12.9. The maximum Gasteiger partial charge on any atom is 0.268 e. The predicted molar refractivity (Wildman–Crippen MR) is 238 cm³/mol. The number of ether oxygens (including phenoxy) is 2. The summed E-state index contributed by atoms with van der Waals surface area (Å²) in [5, 5.41) is 15.6. The molecule has 2 atom stereocenters. The molecule has 0 aromatic carbocycles. The van der Waals surface area contributed by atoms with Gasteiger partial charge in [-0.2, -0.15) is 0 Å². The quantitative estimate of drug-likeness (QED) is 0.0154. The molecule has 63 heavy (non-hydrogen) atoms. The fraction of sp³-hybridized carbons (Fsp3) is 0.676. The Kier molecular flexibility index (Phi) is 29.7. The van der Waals surface area contributed by atoms with Crippen LogP contribution in [-0.2, 0) is 61.6 Å². The summed E-state index contributed by atoms with van der Waals surface area (Å²) >= 11 is 0. The Labute approximate surface area is 380 Å². The second kappa shape index (κ2) is 33.8. The smallest absolute Gasteiger partial charge is 0.268 e. The van der Waals surface area contributed by atoms with Gasteiger partial charge >= 0.3 is 0 Å². The molecule has 8 N–H and O–H groups in total. The van der Waals surface area contributed by atoms with E-state index in [4.69, 9.17) is 35.2 Å². The van der Waals surface area contributed by atoms with Crippen molar-refractivity contribution in [2.75, 3.05) is 72.4 Å². The fourth-order valence-electron chi connectivity index (χ4n) is 4.85. The van der Waals surface area contributed by atoms with Gasteiger partial charge in [-0.3, -0.25) is 49.0 Å². The summed E-state index contributed by atoms with van der Waals surface area (Å²) in [6.07, 6.45) is 2.45. The lowest BCUT2D eigenvalue weighted by atomic mass is 10.2. The van der Waals surface area contributed by atoms with Crippen LogP contribution in [0.5, 0.6) is 0 Å². The molecule has 357 valence electrons. The normalized spacial score (nSPS) is 12.6. The molecule has 1 radical (unpaired) electrons. The molecule has 0 aliphatic rings. The number of amides is 7. The van der Waals surface area contributed by atoms with Gasteiger partial charge in [-0.05, 0) is 67.6 Å². The Hall–Kier alpha value is -3.71. The van der Waals surface area contributed by atoms with Crippen LogP contribution in [0.15, 0.2) is 29.4 Å². The average Bonchev–Trinajstić information content (AvgIpc) is 3.24. The molecule has 0 spiro atoms. The molecule has 1 rings (SSSR count). The fourth-order valence-corrected chi connectivity index (χ4v) is 9.93. The monoisotopic (exact) mass is 967 g/mol. The molecular formula is C37H65N8O14S2Si2. The van der Waals surface area contributed by atoms with Gasteiger partial charge in [0, 0.05) is 64.3 Å². The van der Waals surface area contributed by atoms with E-state index in [0.717, 1.165) is 5.03 Å². The van der Waals surface area contributed by atoms with E-state index in [-0.39, 0.29) is 96.8 Å². The molecule has 0 fully saturated rings. The van der Waals surface area contributed by atoms with Crippen molar-refractivity contribution in [2.24, 2.45) is 0 Å². The Morgan fingerprint density at radius 2 is 1.35 bits per heavy atom. The van der Waals surface area contributed by atoms with Crippen molar-refractivity contribution in [3.63, 3.8) is 0 Å². The number of methoxy groups -OCH3 is 1. The molecule has 0 saturated heterocycles. The highest BCUT2D eigenvalue weighted by Gasteiger charge is 2.29. The van der Waals surface area contributed by atoms with E-state index in [1.165, 1.54) is 28.7 Å². The van der Waals surface area contributed by atoms with E-state index >= 15 is 0 Å². The zero-order valence-corrected chi connectivity index (χ0v) is 40.3. The molecule has 0 aliphatic carbocycles. The van der Waals surface area contributed by atoms with Gasteiger partial charge in [0.1, 0.15) is 23.9 Å². The predicted octanol–water partition coefficient (Wildman–Crippen LogP) is 0.326. The van der Waals surface area contributed by atoms with Crippen LogP contribution >= 0.6 is 21.6 Å². The number of rotatable bonds is 38. The molecule has 22 nitrogen and oxygen atoms in total. The Morgan fingerprint density at radius 1 is 0.778 bits per heavy atom. The van der Waals surface area contributed by atoms with Crippen molar-refractivity contribution in [1.82, 2.24) is 42.9 Å². The number of aromatic nitrogens is 1. The van der Waals surface area contributed by atoms with Crippen molar-refractivity contribution >= 4 is 79.6 Å². The van der Waals surface area contributed by atoms with Crippen molar-refractivity contribution in [3.05, 3.63) is 24.4 Å². The zero-order chi connectivity index (χ0) is 47.6. The molecule has 0 bridgehead atoms. The molecule has 1 aromatic rings. The molecule has 1 heterocycles. The first-order valence-corrected chi connectivity index (χ1v) is 28.8. The van der Waals surface area contributed by atoms with Gasteiger partial charge in [0.2, 0.25) is 31.0 Å². The minimum atomic E-state index is -2.36. The van der Waals surface area contributed by atoms with Crippen molar-refractivity contribution in [1.29, 1.82) is 1.43 Å². The number of nitrogens with one attached hydrogen (secondary N) is 7. The Balaban J connectivity index is 2.36. The first-order chi connectivity index (χ1) is 30.5. The minimum Gasteiger partial charge on any atom is -0.415 e. The summed E-state index contributed by atoms with van der Waals surface area (Å²) < 4.78 is 29.5. The second-order valence-corrected chi connectivity index (χ2v) is 25.9. The number of nitrogens with zero attached hydrogens (tertiary/aromatic N) is 1. The van der Waals surface area contributed by atoms with Crippen molar-refractivity contribution in [3.8, 4) is 0 Å². The third kappa shape index (κ3) is 30.9. The third-order valence-electron chi connectivity index (χ3n) is 8.33. The molecule has 2 unspecified atom stereocenters. The highest BCUT2D eigenvalue weighted by molar-refractivity contribution is 8.76. The van der Waals surface area contributed by atoms with Crippen LogP contribution in [0.25, 0.3) is 0 Å². The van der Waals surface area contributed by atoms with Crippen LogP contribution in [0.2, 0.25) is 38.3 Å². The SMILES string of the molecule is [3H]OCC(NC(=O)CC[Si](C)(C)OCCO[Si](C)(C)CCC(=O)NC(COCOC)C(=O)NOCCNC(=O)CCSSc1ccccn1)C(=O)NOCCNC(=O)CCCC([NH])=O. The number of carbonyl (C=O) groups excluding carboxylic acids is 7. The topological polar surface area (TPSA) is 304 Å². The molecule has 0 aliphatic heterocycles. The molecular weight excluding hydrogens is 901 g/mol. The first-order valence-electron chi connectivity index (χ1n) is 20.7. The van der Waals surface area contributed by atoms with E-state index in [1.54, 1.807) is 6.20 Å². The number of aliphatic hydroxyl groups excluding tert-OH is 1. The van der Waals surface area contributed by atoms with E-state index in [2.05, 4.69) is 42.3 Å². The standard InChI is InChI=1S/C37H65N8O14S2Si2/c1-54-27-55-26-29(37(53)45-57-19-17-40-32(49)12-22-60-61-35-11-6-7-15-41-35)43-34(51)14-24-63(4,5)59-21-20-58-62(2,3)23-13-33(50)42-28(25-46)36(52)44-56-18-16-39-31(48)10-8-9-30(38)47/h6-7,11,15,28-29,38,46H,8-10,12-14,16-27H2,1-5H3,(H,39,48)(H,40,49)(H,42,50)(H,43,51)(H,44,52)(H,45,53)/i46T. The van der Waals surface area contributed by atoms with Gasteiger partial charge < -0.3 is 44.7 Å². The number of carbonyl (C=O) groups is 7. The molecule has 7 amide bonds. The van der Waals surface area contributed by atoms with Gasteiger partial charge in [0.05, 0.1) is 39.6 Å². The van der Waals surface area contributed by atoms with Gasteiger partial charge in [-0.25, -0.2) is 15.9 Å². The van der Waals surface area contributed by atoms with E-state index in [9.17, 15) is 33.6 Å². The summed E-state index contributed by atoms with van der Waals surface area (Å²) in [4.78, 5) is 99.9. The van der Waals surface area contributed by atoms with Crippen molar-refractivity contribution < 1.29 is 66.7 Å². The Morgan fingerprint density at radius 3 is 1.89 bits per heavy atom. The van der Waals surface area contributed by atoms with Gasteiger partial charge in [-0.1, -0.05) is 16.9 Å². The number of aliphatic hydroxyl groups is 1. The lowest BCUT2D eigenvalue weighted by Crippen LogP contribution is -2.50. The summed E-state index contributed by atoms with van der Waals surface area (Å²) in [5.41, 5.74) is 11.3. The Bertz CT molecular complexity index is 1570. The summed E-state index contributed by atoms with van der Waals surface area (Å²) in [6.45, 7) is 7.74. The third-order valence-corrected chi connectivity index (χ3v) is 15.5. The van der Waals surface area contributed by atoms with Crippen LogP contribution in [0.1, 0.15) is 38.5 Å². The lowest BCUT2D eigenvalue weighted by Gasteiger charge is -2.26. The molecule has 1 aromatic heterocycles. The van der Waals surface area contributed by atoms with Crippen LogP contribution < -0.4 is 38.0 Å². The highest BCUT2D eigenvalue weighted by atomic mass is 33.1. The van der Waals surface area contributed by atoms with Crippen molar-refractivity contribution in [2.45, 2.75) is 93.9 Å². The van der Waals surface area contributed by atoms with Crippen LogP contribution in [0.4, 0.5) is 0 Å². The first kappa shape index (κ1) is 55.4. The lowest BCUT2D eigenvalue weighted by molar-refractivity contribution is -0.141. The zero-order valence-electron chi connectivity index (χ0n) is 37.7. The molecule has 0 saturated carbocycles. The molecule has 26 heteroatoms. The second-order valence-electron chi connectivity index (χ2n) is 14.8.